The molecule has 1 aromatic carbocycles. The molecule has 4 nitrogen and oxygen atoms in total. The van der Waals surface area contributed by atoms with Crippen LogP contribution in [0.4, 0.5) is 0 Å². The maximum Gasteiger partial charge on any atom is 0.153 e. The van der Waals surface area contributed by atoms with E-state index in [1.807, 2.05) is 35.9 Å². The molecule has 0 bridgehead atoms. The van der Waals surface area contributed by atoms with Gasteiger partial charge in [-0.25, -0.2) is 0 Å². The van der Waals surface area contributed by atoms with E-state index in [9.17, 15) is 4.79 Å². The quantitative estimate of drug-likeness (QED) is 0.800. The van der Waals surface area contributed by atoms with Crippen molar-refractivity contribution in [1.82, 2.24) is 9.78 Å². The van der Waals surface area contributed by atoms with Crippen LogP contribution in [0.1, 0.15) is 38.1 Å². The molecule has 0 saturated carbocycles. The van der Waals surface area contributed by atoms with Gasteiger partial charge in [0.1, 0.15) is 11.4 Å². The lowest BCUT2D eigenvalue weighted by Gasteiger charge is -2.18. The lowest BCUT2D eigenvalue weighted by molar-refractivity contribution is 0.112. The summed E-state index contributed by atoms with van der Waals surface area (Å²) in [7, 11) is 0. The van der Waals surface area contributed by atoms with Crippen LogP contribution < -0.4 is 4.74 Å². The molecular weight excluding hydrogens is 252 g/mol. The molecule has 0 aliphatic carbocycles. The Morgan fingerprint density at radius 1 is 1.25 bits per heavy atom. The maximum absolute atomic E-state index is 11.2. The number of aldehydes is 1. The third-order valence-electron chi connectivity index (χ3n) is 3.00. The minimum absolute atomic E-state index is 0.152. The highest BCUT2D eigenvalue weighted by atomic mass is 16.5. The lowest BCUT2D eigenvalue weighted by Crippen LogP contribution is -2.22. The summed E-state index contributed by atoms with van der Waals surface area (Å²) in [6.07, 6.45) is 2.64. The largest absolute Gasteiger partial charge is 0.494 e. The fourth-order valence-electron chi connectivity index (χ4n) is 1.92. The molecule has 0 fully saturated rings. The van der Waals surface area contributed by atoms with Gasteiger partial charge < -0.3 is 4.74 Å². The van der Waals surface area contributed by atoms with Gasteiger partial charge in [-0.05, 0) is 52.0 Å². The van der Waals surface area contributed by atoms with E-state index in [4.69, 9.17) is 4.74 Å². The molecular formula is C16H20N2O2. The Labute approximate surface area is 119 Å². The second-order valence-electron chi connectivity index (χ2n) is 5.62. The third kappa shape index (κ3) is 2.90. The first-order valence-corrected chi connectivity index (χ1v) is 6.74. The maximum atomic E-state index is 11.2. The third-order valence-corrected chi connectivity index (χ3v) is 3.00. The molecule has 0 N–H and O–H groups in total. The van der Waals surface area contributed by atoms with E-state index in [0.29, 0.717) is 17.9 Å². The zero-order valence-corrected chi connectivity index (χ0v) is 12.4. The van der Waals surface area contributed by atoms with Crippen LogP contribution in [0.2, 0.25) is 0 Å². The molecule has 0 aliphatic heterocycles. The molecule has 0 amide bonds. The molecule has 0 spiro atoms. The first-order valence-electron chi connectivity index (χ1n) is 6.74. The summed E-state index contributed by atoms with van der Waals surface area (Å²) in [4.78, 5) is 11.2. The normalized spacial score (nSPS) is 11.4. The smallest absolute Gasteiger partial charge is 0.153 e. The van der Waals surface area contributed by atoms with E-state index in [1.165, 1.54) is 0 Å². The van der Waals surface area contributed by atoms with Gasteiger partial charge in [0.05, 0.1) is 17.7 Å². The predicted octanol–water partition coefficient (Wildman–Crippen LogP) is 3.52. The Kier molecular flexibility index (Phi) is 3.93. The number of carbonyl (C=O) groups excluding carboxylic acids is 1. The summed E-state index contributed by atoms with van der Waals surface area (Å²) in [5, 5.41) is 4.54. The number of benzene rings is 1. The molecule has 2 rings (SSSR count). The molecule has 4 heteroatoms. The van der Waals surface area contributed by atoms with Crippen LogP contribution in [-0.2, 0) is 5.54 Å². The minimum atomic E-state index is -0.152. The van der Waals surface area contributed by atoms with Gasteiger partial charge in [-0.3, -0.25) is 9.48 Å². The van der Waals surface area contributed by atoms with Crippen molar-refractivity contribution in [2.75, 3.05) is 6.61 Å². The number of ether oxygens (including phenoxy) is 1. The molecule has 2 aromatic rings. The Morgan fingerprint density at radius 2 is 1.90 bits per heavy atom. The van der Waals surface area contributed by atoms with Crippen LogP contribution in [0.25, 0.3) is 11.3 Å². The molecule has 0 saturated heterocycles. The van der Waals surface area contributed by atoms with E-state index in [1.54, 1.807) is 6.20 Å². The van der Waals surface area contributed by atoms with Gasteiger partial charge in [-0.2, -0.15) is 5.10 Å². The van der Waals surface area contributed by atoms with Gasteiger partial charge in [-0.15, -0.1) is 0 Å². The summed E-state index contributed by atoms with van der Waals surface area (Å²) >= 11 is 0. The number of aromatic nitrogens is 2. The van der Waals surface area contributed by atoms with Crippen LogP contribution in [0.3, 0.4) is 0 Å². The summed E-state index contributed by atoms with van der Waals surface area (Å²) < 4.78 is 7.24. The monoisotopic (exact) mass is 272 g/mol. The van der Waals surface area contributed by atoms with E-state index in [2.05, 4.69) is 25.9 Å². The van der Waals surface area contributed by atoms with Crippen molar-refractivity contribution >= 4 is 6.29 Å². The van der Waals surface area contributed by atoms with E-state index < -0.39 is 0 Å². The topological polar surface area (TPSA) is 44.1 Å². The Balaban J connectivity index is 2.41. The van der Waals surface area contributed by atoms with Gasteiger partial charge in [0.15, 0.2) is 6.29 Å². The van der Waals surface area contributed by atoms with E-state index >= 15 is 0 Å². The standard InChI is InChI=1S/C16H20N2O2/c1-5-20-14-8-6-12(7-9-14)15-13(11-19)10-18(17-15)16(2,3)4/h6-11H,5H2,1-4H3. The average Bonchev–Trinajstić information content (AvgIpc) is 2.84. The SMILES string of the molecule is CCOc1ccc(-c2nn(C(C)(C)C)cc2C=O)cc1. The molecule has 1 heterocycles. The summed E-state index contributed by atoms with van der Waals surface area (Å²) in [5.74, 6) is 0.819. The van der Waals surface area contributed by atoms with Gasteiger partial charge in [0.2, 0.25) is 0 Å². The van der Waals surface area contributed by atoms with Gasteiger partial charge in [0, 0.05) is 11.8 Å². The van der Waals surface area contributed by atoms with Crippen molar-refractivity contribution in [3.63, 3.8) is 0 Å². The highest BCUT2D eigenvalue weighted by Crippen LogP contribution is 2.26. The van der Waals surface area contributed by atoms with Crippen LogP contribution >= 0.6 is 0 Å². The minimum Gasteiger partial charge on any atom is -0.494 e. The number of rotatable bonds is 4. The van der Waals surface area contributed by atoms with Crippen LogP contribution in [0, 0.1) is 0 Å². The van der Waals surface area contributed by atoms with Crippen LogP contribution in [0.5, 0.6) is 5.75 Å². The van der Waals surface area contributed by atoms with Gasteiger partial charge in [-0.1, -0.05) is 0 Å². The fraction of sp³-hybridized carbons (Fsp3) is 0.375. The second kappa shape index (κ2) is 5.49. The first-order chi connectivity index (χ1) is 9.45. The summed E-state index contributed by atoms with van der Waals surface area (Å²) in [5.41, 5.74) is 2.07. The number of hydrogen-bond donors (Lipinski definition) is 0. The van der Waals surface area contributed by atoms with Crippen molar-refractivity contribution in [2.45, 2.75) is 33.2 Å². The highest BCUT2D eigenvalue weighted by Gasteiger charge is 2.18. The van der Waals surface area contributed by atoms with Crippen LogP contribution in [0.15, 0.2) is 30.5 Å². The Hall–Kier alpha value is -2.10. The van der Waals surface area contributed by atoms with Crippen molar-refractivity contribution < 1.29 is 9.53 Å². The first kappa shape index (κ1) is 14.3. The number of nitrogens with zero attached hydrogens (tertiary/aromatic N) is 2. The van der Waals surface area contributed by atoms with E-state index in [-0.39, 0.29) is 5.54 Å². The van der Waals surface area contributed by atoms with Crippen LogP contribution in [-0.4, -0.2) is 22.7 Å². The van der Waals surface area contributed by atoms with Crippen molar-refractivity contribution in [1.29, 1.82) is 0 Å². The summed E-state index contributed by atoms with van der Waals surface area (Å²) in [6, 6.07) is 7.63. The van der Waals surface area contributed by atoms with Crippen molar-refractivity contribution in [3.8, 4) is 17.0 Å². The molecule has 0 atom stereocenters. The molecule has 20 heavy (non-hydrogen) atoms. The van der Waals surface area contributed by atoms with E-state index in [0.717, 1.165) is 17.6 Å². The predicted molar refractivity (Wildman–Crippen MR) is 79.2 cm³/mol. The summed E-state index contributed by atoms with van der Waals surface area (Å²) in [6.45, 7) is 8.74. The highest BCUT2D eigenvalue weighted by molar-refractivity contribution is 5.85. The van der Waals surface area contributed by atoms with Gasteiger partial charge in [0.25, 0.3) is 0 Å². The molecule has 0 aliphatic rings. The lowest BCUT2D eigenvalue weighted by atomic mass is 10.1. The average molecular weight is 272 g/mol. The van der Waals surface area contributed by atoms with Gasteiger partial charge >= 0.3 is 0 Å². The second-order valence-corrected chi connectivity index (χ2v) is 5.62. The number of hydrogen-bond acceptors (Lipinski definition) is 3. The number of carbonyl (C=O) groups is 1. The zero-order chi connectivity index (χ0) is 14.8. The molecule has 1 aromatic heterocycles. The Bertz CT molecular complexity index is 592. The Morgan fingerprint density at radius 3 is 2.40 bits per heavy atom. The fourth-order valence-corrected chi connectivity index (χ4v) is 1.92. The van der Waals surface area contributed by atoms with Crippen molar-refractivity contribution in [2.24, 2.45) is 0 Å². The zero-order valence-electron chi connectivity index (χ0n) is 12.4. The molecule has 0 radical (unpaired) electrons. The van der Waals surface area contributed by atoms with Crippen molar-refractivity contribution in [3.05, 3.63) is 36.0 Å². The molecule has 0 unspecified atom stereocenters. The molecule has 106 valence electrons.